The zero-order valence-electron chi connectivity index (χ0n) is 15.9. The summed E-state index contributed by atoms with van der Waals surface area (Å²) < 4.78 is 1.61. The van der Waals surface area contributed by atoms with E-state index in [0.29, 0.717) is 0 Å². The SMILES string of the molecule is CC(C)O.CC(C)O.CC(C)O.[CH3][Ge]([CH3])([CH3])[c-]1cccc1.[Hf]. The molecule has 132 valence electrons. The standard InChI is InChI=1S/C8H13Ge.3C3H8O.Hf/c1-9(2,3)8-6-4-5-7-8;3*1-3(2)4;/h4-7H,1-3H3;3*3-4H,1-2H3;/q-1;;;;. The number of aliphatic hydroxyl groups excluding tert-OH is 3. The predicted octanol–water partition coefficient (Wildman–Crippen LogP) is 3.11. The topological polar surface area (TPSA) is 60.7 Å². The van der Waals surface area contributed by atoms with Crippen molar-refractivity contribution >= 4 is 17.7 Å². The first kappa shape index (κ1) is 30.5. The number of aliphatic hydroxyl groups is 3. The van der Waals surface area contributed by atoms with Crippen molar-refractivity contribution in [2.24, 2.45) is 0 Å². The quantitative estimate of drug-likeness (QED) is 0.379. The predicted molar refractivity (Wildman–Crippen MR) is 97.1 cm³/mol. The average Bonchev–Trinajstić information content (AvgIpc) is 2.64. The molecule has 0 amide bonds. The van der Waals surface area contributed by atoms with Crippen molar-refractivity contribution in [1.82, 2.24) is 0 Å². The molecule has 0 spiro atoms. The van der Waals surface area contributed by atoms with Crippen LogP contribution in [-0.4, -0.2) is 46.9 Å². The van der Waals surface area contributed by atoms with Crippen molar-refractivity contribution in [3.8, 4) is 0 Å². The molecule has 0 aliphatic heterocycles. The number of hydrogen-bond donors (Lipinski definition) is 3. The molecule has 0 atom stereocenters. The Balaban J connectivity index is -0.000000107. The molecule has 0 saturated carbocycles. The maximum absolute atomic E-state index is 8.06. The molecule has 1 aromatic rings. The monoisotopic (exact) mass is 543 g/mol. The Bertz CT molecular complexity index is 269. The van der Waals surface area contributed by atoms with Gasteiger partial charge in [0.25, 0.3) is 0 Å². The summed E-state index contributed by atoms with van der Waals surface area (Å²) in [6, 6.07) is 8.76. The van der Waals surface area contributed by atoms with Gasteiger partial charge in [-0.3, -0.25) is 0 Å². The number of hydrogen-bond acceptors (Lipinski definition) is 3. The molecule has 0 unspecified atom stereocenters. The van der Waals surface area contributed by atoms with E-state index in [9.17, 15) is 0 Å². The van der Waals surface area contributed by atoms with E-state index in [1.54, 1.807) is 45.9 Å². The van der Waals surface area contributed by atoms with Crippen molar-refractivity contribution < 1.29 is 41.2 Å². The van der Waals surface area contributed by atoms with Crippen LogP contribution >= 0.6 is 0 Å². The molecule has 0 aliphatic carbocycles. The minimum Gasteiger partial charge on any atom is 0 e. The van der Waals surface area contributed by atoms with Gasteiger partial charge in [-0.1, -0.05) is 0 Å². The van der Waals surface area contributed by atoms with Gasteiger partial charge in [0, 0.05) is 44.2 Å². The molecule has 0 heterocycles. The van der Waals surface area contributed by atoms with E-state index in [4.69, 9.17) is 15.3 Å². The van der Waals surface area contributed by atoms with E-state index in [2.05, 4.69) is 41.5 Å². The van der Waals surface area contributed by atoms with Gasteiger partial charge in [0.1, 0.15) is 0 Å². The van der Waals surface area contributed by atoms with Crippen LogP contribution in [0.15, 0.2) is 24.3 Å². The van der Waals surface area contributed by atoms with Crippen LogP contribution in [0, 0.1) is 0 Å². The fourth-order valence-corrected chi connectivity index (χ4v) is 3.38. The van der Waals surface area contributed by atoms with Gasteiger partial charge in [-0.15, -0.1) is 0 Å². The molecule has 22 heavy (non-hydrogen) atoms. The molecule has 0 radical (unpaired) electrons. The number of rotatable bonds is 1. The van der Waals surface area contributed by atoms with Crippen LogP contribution < -0.4 is 4.40 Å². The van der Waals surface area contributed by atoms with E-state index in [1.807, 2.05) is 0 Å². The van der Waals surface area contributed by atoms with Crippen LogP contribution in [0.5, 0.6) is 0 Å². The van der Waals surface area contributed by atoms with E-state index < -0.39 is 13.3 Å². The Kier molecular flexibility index (Phi) is 25.0. The van der Waals surface area contributed by atoms with Crippen LogP contribution in [-0.2, 0) is 25.8 Å². The Hall–Kier alpha value is 0.643. The first-order valence-corrected chi connectivity index (χ1v) is 14.9. The minimum atomic E-state index is -1.44. The molecular formula is C17H37GeHfO3-. The second-order valence-electron chi connectivity index (χ2n) is 6.70. The second-order valence-corrected chi connectivity index (χ2v) is 17.4. The molecule has 5 heteroatoms. The zero-order chi connectivity index (χ0) is 17.6. The van der Waals surface area contributed by atoms with E-state index in [1.165, 1.54) is 0 Å². The van der Waals surface area contributed by atoms with Gasteiger partial charge in [0.15, 0.2) is 0 Å². The summed E-state index contributed by atoms with van der Waals surface area (Å²) in [5, 5.41) is 24.2. The van der Waals surface area contributed by atoms with Crippen LogP contribution in [0.1, 0.15) is 41.5 Å². The van der Waals surface area contributed by atoms with E-state index in [-0.39, 0.29) is 44.2 Å². The van der Waals surface area contributed by atoms with Crippen LogP contribution in [0.4, 0.5) is 0 Å². The Morgan fingerprint density at radius 2 is 0.864 bits per heavy atom. The summed E-state index contributed by atoms with van der Waals surface area (Å²) in [5.74, 6) is 7.24. The van der Waals surface area contributed by atoms with Crippen LogP contribution in [0.25, 0.3) is 0 Å². The normalized spacial score (nSPS) is 9.77. The summed E-state index contributed by atoms with van der Waals surface area (Å²) in [4.78, 5) is 0. The third-order valence-electron chi connectivity index (χ3n) is 1.53. The van der Waals surface area contributed by atoms with Gasteiger partial charge < -0.3 is 15.3 Å². The largest absolute Gasteiger partial charge is 0 e. The van der Waals surface area contributed by atoms with Crippen molar-refractivity contribution in [1.29, 1.82) is 0 Å². The summed E-state index contributed by atoms with van der Waals surface area (Å²) in [6.07, 6.45) is -0.500. The van der Waals surface area contributed by atoms with Crippen molar-refractivity contribution in [3.05, 3.63) is 24.3 Å². The zero-order valence-corrected chi connectivity index (χ0v) is 21.6. The Morgan fingerprint density at radius 1 is 0.682 bits per heavy atom. The third kappa shape index (κ3) is 42.8. The molecule has 0 saturated heterocycles. The van der Waals surface area contributed by atoms with Gasteiger partial charge in [-0.25, -0.2) is 0 Å². The van der Waals surface area contributed by atoms with Crippen LogP contribution in [0.3, 0.4) is 0 Å². The molecule has 0 bridgehead atoms. The molecule has 1 rings (SSSR count). The first-order chi connectivity index (χ1) is 9.30. The molecule has 0 fully saturated rings. The second kappa shape index (κ2) is 18.0. The molecule has 1 aromatic carbocycles. The fraction of sp³-hybridized carbons (Fsp3) is 0.706. The maximum atomic E-state index is 8.06. The van der Waals surface area contributed by atoms with Gasteiger partial charge in [-0.05, 0) is 41.5 Å². The molecule has 3 N–H and O–H groups in total. The summed E-state index contributed by atoms with van der Waals surface area (Å²) in [7, 11) is 0. The molecule has 3 nitrogen and oxygen atoms in total. The average molecular weight is 541 g/mol. The molecule has 0 aromatic heterocycles. The minimum absolute atomic E-state index is 0. The van der Waals surface area contributed by atoms with Crippen molar-refractivity contribution in [2.45, 2.75) is 77.1 Å². The third-order valence-corrected chi connectivity index (χ3v) is 5.86. The van der Waals surface area contributed by atoms with E-state index in [0.717, 1.165) is 0 Å². The summed E-state index contributed by atoms with van der Waals surface area (Å²) >= 11 is -1.44. The summed E-state index contributed by atoms with van der Waals surface area (Å²) in [6.45, 7) is 10.3. The molecule has 0 aliphatic rings. The van der Waals surface area contributed by atoms with Crippen molar-refractivity contribution in [3.63, 3.8) is 0 Å². The smallest absolute Gasteiger partial charge is 0 e. The van der Waals surface area contributed by atoms with Crippen LogP contribution in [0.2, 0.25) is 17.3 Å². The molecular weight excluding hydrogens is 503 g/mol. The first-order valence-electron chi connectivity index (χ1n) is 7.57. The van der Waals surface area contributed by atoms with Gasteiger partial charge >= 0.3 is 59.2 Å². The van der Waals surface area contributed by atoms with Gasteiger partial charge in [0.2, 0.25) is 0 Å². The fourth-order valence-electron chi connectivity index (χ4n) is 0.874. The Morgan fingerprint density at radius 3 is 0.955 bits per heavy atom. The summed E-state index contributed by atoms with van der Waals surface area (Å²) in [5.41, 5.74) is 0. The van der Waals surface area contributed by atoms with Gasteiger partial charge in [-0.2, -0.15) is 0 Å². The van der Waals surface area contributed by atoms with E-state index >= 15 is 0 Å². The maximum Gasteiger partial charge on any atom is 0 e. The van der Waals surface area contributed by atoms with Gasteiger partial charge in [0.05, 0.1) is 0 Å². The van der Waals surface area contributed by atoms with Crippen molar-refractivity contribution in [2.75, 3.05) is 0 Å². The Labute approximate surface area is 159 Å².